The number of fused-ring (bicyclic) bond motifs is 1. The molecule has 0 spiro atoms. The minimum absolute atomic E-state index is 0.160. The number of ether oxygens (including phenoxy) is 3. The molecule has 1 aliphatic heterocycles. The molecule has 1 saturated heterocycles. The van der Waals surface area contributed by atoms with E-state index in [-0.39, 0.29) is 6.10 Å². The molecule has 2 atom stereocenters. The lowest BCUT2D eigenvalue weighted by Gasteiger charge is -2.20. The first-order chi connectivity index (χ1) is 12.7. The number of esters is 1. The average Bonchev–Trinajstić information content (AvgIpc) is 2.93. The highest BCUT2D eigenvalue weighted by Gasteiger charge is 2.38. The van der Waals surface area contributed by atoms with E-state index in [4.69, 9.17) is 14.2 Å². The van der Waals surface area contributed by atoms with Crippen molar-refractivity contribution in [1.29, 1.82) is 0 Å². The summed E-state index contributed by atoms with van der Waals surface area (Å²) in [6, 6.07) is 13.4. The van der Waals surface area contributed by atoms with Crippen molar-refractivity contribution in [3.8, 4) is 5.75 Å². The highest BCUT2D eigenvalue weighted by Crippen LogP contribution is 2.26. The van der Waals surface area contributed by atoms with Gasteiger partial charge in [0.1, 0.15) is 23.5 Å². The standard InChI is InChI=1S/C21H25NO5/c1-21(2,3)27-20(24)26-19(23)18-12-17(13-22(18)4)25-16-10-9-14-7-5-6-8-15(14)11-16/h5-11,17-18H,12-13H2,1-4H3/t17-,18-/m0/s1. The summed E-state index contributed by atoms with van der Waals surface area (Å²) in [4.78, 5) is 25.9. The average molecular weight is 371 g/mol. The van der Waals surface area contributed by atoms with Gasteiger partial charge in [0.15, 0.2) is 0 Å². The highest BCUT2D eigenvalue weighted by atomic mass is 16.7. The van der Waals surface area contributed by atoms with E-state index in [1.807, 2.05) is 54.4 Å². The smallest absolute Gasteiger partial charge is 0.489 e. The van der Waals surface area contributed by atoms with Gasteiger partial charge in [-0.15, -0.1) is 0 Å². The predicted molar refractivity (Wildman–Crippen MR) is 102 cm³/mol. The molecule has 1 heterocycles. The SMILES string of the molecule is CN1C[C@@H](Oc2ccc3ccccc3c2)C[C@H]1C(=O)OC(=O)OC(C)(C)C. The Morgan fingerprint density at radius 1 is 1.07 bits per heavy atom. The lowest BCUT2D eigenvalue weighted by atomic mass is 10.1. The Kier molecular flexibility index (Phi) is 5.37. The van der Waals surface area contributed by atoms with Gasteiger partial charge < -0.3 is 14.2 Å². The third kappa shape index (κ3) is 4.98. The zero-order valence-electron chi connectivity index (χ0n) is 16.1. The van der Waals surface area contributed by atoms with Gasteiger partial charge in [-0.2, -0.15) is 0 Å². The van der Waals surface area contributed by atoms with Crippen LogP contribution in [0.1, 0.15) is 27.2 Å². The third-order valence-electron chi connectivity index (χ3n) is 4.38. The second-order valence-electron chi connectivity index (χ2n) is 7.83. The van der Waals surface area contributed by atoms with Crippen LogP contribution in [-0.4, -0.2) is 48.4 Å². The maximum absolute atomic E-state index is 12.3. The molecular formula is C21H25NO5. The number of carbonyl (C=O) groups is 2. The molecule has 1 aliphatic rings. The van der Waals surface area contributed by atoms with E-state index in [2.05, 4.69) is 0 Å². The van der Waals surface area contributed by atoms with E-state index < -0.39 is 23.8 Å². The Morgan fingerprint density at radius 3 is 2.48 bits per heavy atom. The topological polar surface area (TPSA) is 65.1 Å². The maximum atomic E-state index is 12.3. The Bertz CT molecular complexity index is 842. The molecule has 2 aromatic carbocycles. The maximum Gasteiger partial charge on any atom is 0.516 e. The van der Waals surface area contributed by atoms with Crippen molar-refractivity contribution in [1.82, 2.24) is 4.90 Å². The number of nitrogens with zero attached hydrogens (tertiary/aromatic N) is 1. The van der Waals surface area contributed by atoms with Gasteiger partial charge in [-0.05, 0) is 50.7 Å². The van der Waals surface area contributed by atoms with Crippen molar-refractivity contribution < 1.29 is 23.8 Å². The van der Waals surface area contributed by atoms with E-state index in [9.17, 15) is 9.59 Å². The lowest BCUT2D eigenvalue weighted by Crippen LogP contribution is -2.36. The number of rotatable bonds is 3. The molecule has 0 N–H and O–H groups in total. The van der Waals surface area contributed by atoms with Crippen LogP contribution < -0.4 is 4.74 Å². The van der Waals surface area contributed by atoms with Crippen LogP contribution in [-0.2, 0) is 14.3 Å². The van der Waals surface area contributed by atoms with E-state index in [0.717, 1.165) is 16.5 Å². The molecule has 6 heteroatoms. The number of carbonyl (C=O) groups excluding carboxylic acids is 2. The number of benzene rings is 2. The molecule has 0 bridgehead atoms. The quantitative estimate of drug-likeness (QED) is 0.604. The van der Waals surface area contributed by atoms with Gasteiger partial charge in [-0.25, -0.2) is 9.59 Å². The van der Waals surface area contributed by atoms with Crippen molar-refractivity contribution in [2.75, 3.05) is 13.6 Å². The van der Waals surface area contributed by atoms with Crippen LogP contribution in [0.2, 0.25) is 0 Å². The predicted octanol–water partition coefficient (Wildman–Crippen LogP) is 3.77. The Labute approximate surface area is 159 Å². The first kappa shape index (κ1) is 19.2. The van der Waals surface area contributed by atoms with E-state index in [1.54, 1.807) is 20.8 Å². The molecule has 2 aromatic rings. The van der Waals surface area contributed by atoms with Crippen LogP contribution in [0.5, 0.6) is 5.75 Å². The van der Waals surface area contributed by atoms with Gasteiger partial charge in [0.05, 0.1) is 0 Å². The summed E-state index contributed by atoms with van der Waals surface area (Å²) in [7, 11) is 1.81. The molecule has 3 rings (SSSR count). The molecule has 0 aromatic heterocycles. The van der Waals surface area contributed by atoms with E-state index in [0.29, 0.717) is 13.0 Å². The fourth-order valence-corrected chi connectivity index (χ4v) is 3.17. The zero-order chi connectivity index (χ0) is 19.6. The van der Waals surface area contributed by atoms with Crippen molar-refractivity contribution in [2.24, 2.45) is 0 Å². The summed E-state index contributed by atoms with van der Waals surface area (Å²) in [5.41, 5.74) is -0.708. The van der Waals surface area contributed by atoms with Crippen molar-refractivity contribution in [3.05, 3.63) is 42.5 Å². The van der Waals surface area contributed by atoms with Gasteiger partial charge in [0.25, 0.3) is 0 Å². The third-order valence-corrected chi connectivity index (χ3v) is 4.38. The van der Waals surface area contributed by atoms with Gasteiger partial charge in [0, 0.05) is 13.0 Å². The number of hydrogen-bond donors (Lipinski definition) is 0. The lowest BCUT2D eigenvalue weighted by molar-refractivity contribution is -0.146. The van der Waals surface area contributed by atoms with Gasteiger partial charge in [0.2, 0.25) is 0 Å². The largest absolute Gasteiger partial charge is 0.516 e. The monoisotopic (exact) mass is 371 g/mol. The van der Waals surface area contributed by atoms with Crippen LogP contribution in [0, 0.1) is 0 Å². The van der Waals surface area contributed by atoms with Crippen molar-refractivity contribution >= 4 is 22.9 Å². The fraction of sp³-hybridized carbons (Fsp3) is 0.429. The molecule has 1 fully saturated rings. The molecular weight excluding hydrogens is 346 g/mol. The van der Waals surface area contributed by atoms with Crippen molar-refractivity contribution in [3.63, 3.8) is 0 Å². The zero-order valence-corrected chi connectivity index (χ0v) is 16.1. The van der Waals surface area contributed by atoms with Crippen LogP contribution >= 0.6 is 0 Å². The fourth-order valence-electron chi connectivity index (χ4n) is 3.17. The number of likely N-dealkylation sites (N-methyl/N-ethyl adjacent to an activating group) is 1. The Balaban J connectivity index is 1.60. The highest BCUT2D eigenvalue weighted by molar-refractivity contribution is 5.86. The van der Waals surface area contributed by atoms with Gasteiger partial charge in [-0.1, -0.05) is 30.3 Å². The number of hydrogen-bond acceptors (Lipinski definition) is 6. The minimum Gasteiger partial charge on any atom is -0.489 e. The number of likely N-dealkylation sites (tertiary alicyclic amines) is 1. The second-order valence-corrected chi connectivity index (χ2v) is 7.83. The molecule has 144 valence electrons. The summed E-state index contributed by atoms with van der Waals surface area (Å²) >= 11 is 0. The van der Waals surface area contributed by atoms with E-state index in [1.165, 1.54) is 0 Å². The molecule has 0 aliphatic carbocycles. The molecule has 0 unspecified atom stereocenters. The van der Waals surface area contributed by atoms with Crippen LogP contribution in [0.15, 0.2) is 42.5 Å². The summed E-state index contributed by atoms with van der Waals surface area (Å²) < 4.78 is 15.9. The summed E-state index contributed by atoms with van der Waals surface area (Å²) in [5, 5.41) is 2.24. The second kappa shape index (κ2) is 7.56. The summed E-state index contributed by atoms with van der Waals surface area (Å²) in [6.45, 7) is 5.72. The van der Waals surface area contributed by atoms with E-state index >= 15 is 0 Å². The van der Waals surface area contributed by atoms with Gasteiger partial charge in [-0.3, -0.25) is 4.90 Å². The molecule has 0 saturated carbocycles. The summed E-state index contributed by atoms with van der Waals surface area (Å²) in [6.07, 6.45) is -0.683. The Hall–Kier alpha value is -2.60. The molecule has 0 radical (unpaired) electrons. The van der Waals surface area contributed by atoms with Gasteiger partial charge >= 0.3 is 12.1 Å². The first-order valence-corrected chi connectivity index (χ1v) is 9.02. The first-order valence-electron chi connectivity index (χ1n) is 9.02. The van der Waals surface area contributed by atoms with Crippen LogP contribution in [0.4, 0.5) is 4.79 Å². The molecule has 6 nitrogen and oxygen atoms in total. The summed E-state index contributed by atoms with van der Waals surface area (Å²) in [5.74, 6) is 0.143. The van der Waals surface area contributed by atoms with Crippen molar-refractivity contribution in [2.45, 2.75) is 44.9 Å². The van der Waals surface area contributed by atoms with Crippen LogP contribution in [0.3, 0.4) is 0 Å². The molecule has 27 heavy (non-hydrogen) atoms. The molecule has 0 amide bonds. The minimum atomic E-state index is -0.972. The normalized spacial score (nSPS) is 20.4. The van der Waals surface area contributed by atoms with Crippen LogP contribution in [0.25, 0.3) is 10.8 Å². The Morgan fingerprint density at radius 2 is 1.78 bits per heavy atom.